The van der Waals surface area contributed by atoms with Crippen molar-refractivity contribution in [2.75, 3.05) is 12.8 Å². The van der Waals surface area contributed by atoms with Gasteiger partial charge in [-0.15, -0.1) is 0 Å². The lowest BCUT2D eigenvalue weighted by molar-refractivity contribution is 0.294. The van der Waals surface area contributed by atoms with Crippen molar-refractivity contribution in [3.8, 4) is 0 Å². The first-order valence-electron chi connectivity index (χ1n) is 7.02. The second-order valence-electron chi connectivity index (χ2n) is 5.26. The minimum absolute atomic E-state index is 0.358. The Morgan fingerprint density at radius 1 is 1.26 bits per heavy atom. The van der Waals surface area contributed by atoms with Crippen LogP contribution in [0, 0.1) is 5.92 Å². The summed E-state index contributed by atoms with van der Waals surface area (Å²) >= 11 is 5.86. The largest absolute Gasteiger partial charge is 0.316 e. The van der Waals surface area contributed by atoms with E-state index in [1.807, 2.05) is 31.3 Å². The third-order valence-electron chi connectivity index (χ3n) is 4.00. The fourth-order valence-electron chi connectivity index (χ4n) is 2.84. The molecule has 0 spiro atoms. The Morgan fingerprint density at radius 2 is 1.89 bits per heavy atom. The smallest absolute Gasteiger partial charge is 0.0545 e. The standard InChI is InChI=1S/C15H22ClNOS/c1-17-15(12-5-3-2-4-6-12)11-19(18)14-9-7-13(16)8-10-14/h7-10,12,15,17H,2-6,11H2,1H3. The van der Waals surface area contributed by atoms with Gasteiger partial charge in [0.05, 0.1) is 10.8 Å². The average Bonchev–Trinajstić information content (AvgIpc) is 2.46. The molecule has 1 aliphatic carbocycles. The van der Waals surface area contributed by atoms with E-state index in [4.69, 9.17) is 11.6 Å². The predicted octanol–water partition coefficient (Wildman–Crippen LogP) is 3.62. The van der Waals surface area contributed by atoms with Gasteiger partial charge in [-0.3, -0.25) is 4.21 Å². The van der Waals surface area contributed by atoms with Crippen molar-refractivity contribution in [3.63, 3.8) is 0 Å². The number of halogens is 1. The molecule has 2 rings (SSSR count). The molecule has 2 unspecified atom stereocenters. The number of hydrogen-bond acceptors (Lipinski definition) is 2. The lowest BCUT2D eigenvalue weighted by Gasteiger charge is -2.29. The van der Waals surface area contributed by atoms with Crippen molar-refractivity contribution < 1.29 is 4.21 Å². The predicted molar refractivity (Wildman–Crippen MR) is 82.2 cm³/mol. The summed E-state index contributed by atoms with van der Waals surface area (Å²) in [4.78, 5) is 0.875. The maximum absolute atomic E-state index is 12.4. The van der Waals surface area contributed by atoms with Gasteiger partial charge < -0.3 is 5.32 Å². The van der Waals surface area contributed by atoms with Gasteiger partial charge in [0, 0.05) is 21.7 Å². The molecule has 19 heavy (non-hydrogen) atoms. The van der Waals surface area contributed by atoms with Gasteiger partial charge in [0.15, 0.2) is 0 Å². The van der Waals surface area contributed by atoms with Crippen LogP contribution in [0.4, 0.5) is 0 Å². The highest BCUT2D eigenvalue weighted by molar-refractivity contribution is 7.85. The van der Waals surface area contributed by atoms with Crippen molar-refractivity contribution >= 4 is 22.4 Å². The van der Waals surface area contributed by atoms with Crippen LogP contribution < -0.4 is 5.32 Å². The Labute approximate surface area is 123 Å². The molecule has 0 aliphatic heterocycles. The summed E-state index contributed by atoms with van der Waals surface area (Å²) in [5.74, 6) is 1.37. The molecule has 0 bridgehead atoms. The van der Waals surface area contributed by atoms with E-state index >= 15 is 0 Å². The van der Waals surface area contributed by atoms with E-state index in [-0.39, 0.29) is 0 Å². The van der Waals surface area contributed by atoms with Crippen LogP contribution in [-0.4, -0.2) is 23.1 Å². The maximum Gasteiger partial charge on any atom is 0.0545 e. The zero-order valence-corrected chi connectivity index (χ0v) is 13.0. The molecule has 4 heteroatoms. The molecule has 1 saturated carbocycles. The summed E-state index contributed by atoms with van der Waals surface area (Å²) in [6.07, 6.45) is 6.52. The van der Waals surface area contributed by atoms with E-state index in [9.17, 15) is 4.21 Å². The highest BCUT2D eigenvalue weighted by Gasteiger charge is 2.24. The molecule has 1 aromatic rings. The molecule has 0 radical (unpaired) electrons. The molecule has 1 fully saturated rings. The van der Waals surface area contributed by atoms with Crippen LogP contribution in [0.15, 0.2) is 29.2 Å². The Kier molecular flexibility index (Phi) is 5.86. The first-order valence-corrected chi connectivity index (χ1v) is 8.71. The normalized spacial score (nSPS) is 20.1. The van der Waals surface area contributed by atoms with Gasteiger partial charge in [-0.2, -0.15) is 0 Å². The van der Waals surface area contributed by atoms with Crippen LogP contribution >= 0.6 is 11.6 Å². The monoisotopic (exact) mass is 299 g/mol. The zero-order valence-electron chi connectivity index (χ0n) is 11.4. The molecule has 106 valence electrons. The molecule has 2 nitrogen and oxygen atoms in total. The van der Waals surface area contributed by atoms with E-state index < -0.39 is 10.8 Å². The number of nitrogens with one attached hydrogen (secondary N) is 1. The SMILES string of the molecule is CNC(CS(=O)c1ccc(Cl)cc1)C1CCCCC1. The van der Waals surface area contributed by atoms with Gasteiger partial charge in [0.25, 0.3) is 0 Å². The fourth-order valence-corrected chi connectivity index (χ4v) is 4.36. The van der Waals surface area contributed by atoms with Crippen molar-refractivity contribution in [1.82, 2.24) is 5.32 Å². The quantitative estimate of drug-likeness (QED) is 0.900. The van der Waals surface area contributed by atoms with Crippen LogP contribution in [0.25, 0.3) is 0 Å². The molecule has 1 aromatic carbocycles. The minimum atomic E-state index is -0.944. The van der Waals surface area contributed by atoms with Crippen molar-refractivity contribution in [2.45, 2.75) is 43.0 Å². The van der Waals surface area contributed by atoms with Crippen molar-refractivity contribution in [3.05, 3.63) is 29.3 Å². The summed E-state index contributed by atoms with van der Waals surface area (Å²) < 4.78 is 12.4. The molecule has 0 amide bonds. The first kappa shape index (κ1) is 15.0. The van der Waals surface area contributed by atoms with Crippen LogP contribution in [-0.2, 0) is 10.8 Å². The highest BCUT2D eigenvalue weighted by atomic mass is 35.5. The van der Waals surface area contributed by atoms with Crippen LogP contribution in [0.5, 0.6) is 0 Å². The lowest BCUT2D eigenvalue weighted by atomic mass is 9.84. The molecule has 0 saturated heterocycles. The third-order valence-corrected chi connectivity index (χ3v) is 5.71. The summed E-state index contributed by atoms with van der Waals surface area (Å²) in [7, 11) is 1.04. The molecule has 2 atom stereocenters. The van der Waals surface area contributed by atoms with E-state index in [0.717, 1.165) is 4.90 Å². The van der Waals surface area contributed by atoms with Gasteiger partial charge in [0.1, 0.15) is 0 Å². The van der Waals surface area contributed by atoms with E-state index in [1.54, 1.807) is 0 Å². The fraction of sp³-hybridized carbons (Fsp3) is 0.600. The van der Waals surface area contributed by atoms with Crippen LogP contribution in [0.3, 0.4) is 0 Å². The minimum Gasteiger partial charge on any atom is -0.316 e. The Bertz CT molecular complexity index is 415. The molecular formula is C15H22ClNOS. The Hall–Kier alpha value is -0.380. The summed E-state index contributed by atoms with van der Waals surface area (Å²) in [6.45, 7) is 0. The molecule has 0 heterocycles. The second kappa shape index (κ2) is 7.41. The van der Waals surface area contributed by atoms with E-state index in [1.165, 1.54) is 32.1 Å². The van der Waals surface area contributed by atoms with Gasteiger partial charge >= 0.3 is 0 Å². The zero-order chi connectivity index (χ0) is 13.7. The van der Waals surface area contributed by atoms with E-state index in [2.05, 4.69) is 5.32 Å². The molecule has 1 aliphatic rings. The van der Waals surface area contributed by atoms with E-state index in [0.29, 0.717) is 22.7 Å². The summed E-state index contributed by atoms with van der Waals surface area (Å²) in [5, 5.41) is 4.06. The maximum atomic E-state index is 12.4. The lowest BCUT2D eigenvalue weighted by Crippen LogP contribution is -2.39. The second-order valence-corrected chi connectivity index (χ2v) is 7.19. The molecule has 1 N–H and O–H groups in total. The highest BCUT2D eigenvalue weighted by Crippen LogP contribution is 2.27. The molecular weight excluding hydrogens is 278 g/mol. The summed E-state index contributed by atoms with van der Waals surface area (Å²) in [6, 6.07) is 7.71. The summed E-state index contributed by atoms with van der Waals surface area (Å²) in [5.41, 5.74) is 0. The number of benzene rings is 1. The molecule has 0 aromatic heterocycles. The van der Waals surface area contributed by atoms with Crippen LogP contribution in [0.2, 0.25) is 5.02 Å². The van der Waals surface area contributed by atoms with Gasteiger partial charge in [-0.1, -0.05) is 30.9 Å². The Balaban J connectivity index is 1.97. The third kappa shape index (κ3) is 4.30. The number of hydrogen-bond donors (Lipinski definition) is 1. The van der Waals surface area contributed by atoms with Crippen molar-refractivity contribution in [1.29, 1.82) is 0 Å². The average molecular weight is 300 g/mol. The van der Waals surface area contributed by atoms with Gasteiger partial charge in [-0.05, 0) is 50.1 Å². The Morgan fingerprint density at radius 3 is 2.47 bits per heavy atom. The topological polar surface area (TPSA) is 29.1 Å². The van der Waals surface area contributed by atoms with Gasteiger partial charge in [-0.25, -0.2) is 0 Å². The van der Waals surface area contributed by atoms with Crippen molar-refractivity contribution in [2.24, 2.45) is 5.92 Å². The van der Waals surface area contributed by atoms with Gasteiger partial charge in [0.2, 0.25) is 0 Å². The number of rotatable bonds is 5. The first-order chi connectivity index (χ1) is 9.20. The van der Waals surface area contributed by atoms with Crippen LogP contribution in [0.1, 0.15) is 32.1 Å².